The summed E-state index contributed by atoms with van der Waals surface area (Å²) in [5.41, 5.74) is 8.30. The Hall–Kier alpha value is -1.35. The van der Waals surface area contributed by atoms with Gasteiger partial charge in [-0.2, -0.15) is 0 Å². The molecule has 0 unspecified atom stereocenters. The largest absolute Gasteiger partial charge is 0.384 e. The van der Waals surface area contributed by atoms with Crippen LogP contribution in [0, 0.1) is 12.3 Å². The maximum absolute atomic E-state index is 7.35. The molecule has 0 aliphatic heterocycles. The molecule has 3 nitrogen and oxygen atoms in total. The van der Waals surface area contributed by atoms with E-state index in [1.807, 2.05) is 25.1 Å². The number of benzene rings is 1. The highest BCUT2D eigenvalue weighted by Crippen LogP contribution is 2.11. The van der Waals surface area contributed by atoms with Crippen LogP contribution in [-0.2, 0) is 11.3 Å². The predicted molar refractivity (Wildman–Crippen MR) is 52.9 cm³/mol. The normalized spacial score (nSPS) is 10.0. The smallest absolute Gasteiger partial charge is 0.123 e. The molecule has 0 bridgehead atoms. The molecule has 0 aromatic heterocycles. The van der Waals surface area contributed by atoms with Crippen LogP contribution in [0.15, 0.2) is 18.2 Å². The third-order valence-corrected chi connectivity index (χ3v) is 1.85. The molecule has 1 aromatic carbocycles. The molecule has 3 heteroatoms. The Morgan fingerprint density at radius 1 is 1.54 bits per heavy atom. The van der Waals surface area contributed by atoms with Gasteiger partial charge in [0.1, 0.15) is 5.84 Å². The van der Waals surface area contributed by atoms with Crippen LogP contribution in [0.4, 0.5) is 0 Å². The number of aryl methyl sites for hydroxylation is 1. The summed E-state index contributed by atoms with van der Waals surface area (Å²) in [6.45, 7) is 2.50. The van der Waals surface area contributed by atoms with Gasteiger partial charge in [-0.3, -0.25) is 5.41 Å². The molecule has 0 saturated heterocycles. The van der Waals surface area contributed by atoms with Crippen LogP contribution in [0.25, 0.3) is 0 Å². The molecule has 1 rings (SSSR count). The van der Waals surface area contributed by atoms with Gasteiger partial charge in [0, 0.05) is 12.7 Å². The Bertz CT molecular complexity index is 321. The topological polar surface area (TPSA) is 59.1 Å². The summed E-state index contributed by atoms with van der Waals surface area (Å²) in [5.74, 6) is 0.0899. The lowest BCUT2D eigenvalue weighted by atomic mass is 10.0. The number of hydrogen-bond donors (Lipinski definition) is 2. The number of amidine groups is 1. The molecule has 0 amide bonds. The molecule has 0 fully saturated rings. The second-order valence-electron chi connectivity index (χ2n) is 3.01. The van der Waals surface area contributed by atoms with E-state index >= 15 is 0 Å². The second kappa shape index (κ2) is 4.05. The average molecular weight is 178 g/mol. The van der Waals surface area contributed by atoms with Gasteiger partial charge in [0.25, 0.3) is 0 Å². The number of rotatable bonds is 3. The SMILES string of the molecule is COCc1cc(C)ccc1C(=N)N. The fourth-order valence-electron chi connectivity index (χ4n) is 1.26. The Morgan fingerprint density at radius 2 is 2.23 bits per heavy atom. The zero-order chi connectivity index (χ0) is 9.84. The summed E-state index contributed by atoms with van der Waals surface area (Å²) in [5, 5.41) is 7.35. The summed E-state index contributed by atoms with van der Waals surface area (Å²) < 4.78 is 5.02. The van der Waals surface area contributed by atoms with Gasteiger partial charge in [-0.15, -0.1) is 0 Å². The van der Waals surface area contributed by atoms with Gasteiger partial charge < -0.3 is 10.5 Å². The van der Waals surface area contributed by atoms with E-state index in [0.717, 1.165) is 16.7 Å². The van der Waals surface area contributed by atoms with Gasteiger partial charge >= 0.3 is 0 Å². The van der Waals surface area contributed by atoms with Gasteiger partial charge in [-0.25, -0.2) is 0 Å². The molecule has 1 aromatic rings. The summed E-state index contributed by atoms with van der Waals surface area (Å²) in [7, 11) is 1.63. The quantitative estimate of drug-likeness (QED) is 0.543. The van der Waals surface area contributed by atoms with Crippen molar-refractivity contribution in [3.05, 3.63) is 34.9 Å². The van der Waals surface area contributed by atoms with E-state index in [4.69, 9.17) is 15.9 Å². The number of ether oxygens (including phenoxy) is 1. The Kier molecular flexibility index (Phi) is 3.03. The molecule has 0 spiro atoms. The highest BCUT2D eigenvalue weighted by molar-refractivity contribution is 5.96. The molecule has 0 saturated carbocycles. The zero-order valence-corrected chi connectivity index (χ0v) is 7.92. The van der Waals surface area contributed by atoms with E-state index in [-0.39, 0.29) is 5.84 Å². The van der Waals surface area contributed by atoms with E-state index in [2.05, 4.69) is 0 Å². The summed E-state index contributed by atoms with van der Waals surface area (Å²) in [4.78, 5) is 0. The van der Waals surface area contributed by atoms with Crippen molar-refractivity contribution in [1.29, 1.82) is 5.41 Å². The van der Waals surface area contributed by atoms with Crippen molar-refractivity contribution >= 4 is 5.84 Å². The van der Waals surface area contributed by atoms with Crippen LogP contribution < -0.4 is 5.73 Å². The third-order valence-electron chi connectivity index (χ3n) is 1.85. The fraction of sp³-hybridized carbons (Fsp3) is 0.300. The number of methoxy groups -OCH3 is 1. The molecule has 0 radical (unpaired) electrons. The van der Waals surface area contributed by atoms with Crippen LogP contribution in [0.5, 0.6) is 0 Å². The van der Waals surface area contributed by atoms with Crippen molar-refractivity contribution in [3.8, 4) is 0 Å². The molecule has 70 valence electrons. The molecule has 0 aliphatic rings. The molecule has 0 aliphatic carbocycles. The Balaban J connectivity index is 3.10. The third kappa shape index (κ3) is 2.29. The monoisotopic (exact) mass is 178 g/mol. The number of hydrogen-bond acceptors (Lipinski definition) is 2. The van der Waals surface area contributed by atoms with E-state index in [9.17, 15) is 0 Å². The molecule has 13 heavy (non-hydrogen) atoms. The molecule has 3 N–H and O–H groups in total. The Labute approximate surface area is 78.0 Å². The average Bonchev–Trinajstić information content (AvgIpc) is 2.04. The van der Waals surface area contributed by atoms with E-state index in [0.29, 0.717) is 6.61 Å². The van der Waals surface area contributed by atoms with Crippen molar-refractivity contribution in [2.75, 3.05) is 7.11 Å². The summed E-state index contributed by atoms with van der Waals surface area (Å²) in [6, 6.07) is 5.78. The first-order chi connectivity index (χ1) is 6.15. The number of nitrogens with one attached hydrogen (secondary N) is 1. The number of nitrogen functional groups attached to an aromatic ring is 1. The minimum Gasteiger partial charge on any atom is -0.384 e. The predicted octanol–water partition coefficient (Wildman–Crippen LogP) is 1.43. The first kappa shape index (κ1) is 9.74. The molecular formula is C10H14N2O. The lowest BCUT2D eigenvalue weighted by Crippen LogP contribution is -2.14. The summed E-state index contributed by atoms with van der Waals surface area (Å²) in [6.07, 6.45) is 0. The van der Waals surface area contributed by atoms with Gasteiger partial charge in [-0.05, 0) is 12.5 Å². The maximum Gasteiger partial charge on any atom is 0.123 e. The van der Waals surface area contributed by atoms with Crippen LogP contribution in [0.3, 0.4) is 0 Å². The maximum atomic E-state index is 7.35. The van der Waals surface area contributed by atoms with Crippen molar-refractivity contribution in [2.24, 2.45) is 5.73 Å². The zero-order valence-electron chi connectivity index (χ0n) is 7.92. The van der Waals surface area contributed by atoms with E-state index in [1.54, 1.807) is 7.11 Å². The van der Waals surface area contributed by atoms with E-state index in [1.165, 1.54) is 0 Å². The van der Waals surface area contributed by atoms with Gasteiger partial charge in [-0.1, -0.05) is 23.8 Å². The van der Waals surface area contributed by atoms with Crippen LogP contribution in [0.1, 0.15) is 16.7 Å². The van der Waals surface area contributed by atoms with Crippen LogP contribution >= 0.6 is 0 Å². The van der Waals surface area contributed by atoms with Crippen LogP contribution in [-0.4, -0.2) is 12.9 Å². The lowest BCUT2D eigenvalue weighted by Gasteiger charge is -2.07. The number of nitrogens with two attached hydrogens (primary N) is 1. The fourth-order valence-corrected chi connectivity index (χ4v) is 1.26. The molecular weight excluding hydrogens is 164 g/mol. The summed E-state index contributed by atoms with van der Waals surface area (Å²) >= 11 is 0. The first-order valence-electron chi connectivity index (χ1n) is 4.08. The highest BCUT2D eigenvalue weighted by atomic mass is 16.5. The second-order valence-corrected chi connectivity index (χ2v) is 3.01. The standard InChI is InChI=1S/C10H14N2O/c1-7-3-4-9(10(11)12)8(5-7)6-13-2/h3-5H,6H2,1-2H3,(H3,11,12). The van der Waals surface area contributed by atoms with Gasteiger partial charge in [0.05, 0.1) is 6.61 Å². The minimum atomic E-state index is 0.0899. The van der Waals surface area contributed by atoms with Crippen molar-refractivity contribution in [2.45, 2.75) is 13.5 Å². The van der Waals surface area contributed by atoms with E-state index < -0.39 is 0 Å². The van der Waals surface area contributed by atoms with Crippen LogP contribution in [0.2, 0.25) is 0 Å². The lowest BCUT2D eigenvalue weighted by molar-refractivity contribution is 0.184. The van der Waals surface area contributed by atoms with Crippen molar-refractivity contribution < 1.29 is 4.74 Å². The minimum absolute atomic E-state index is 0.0899. The first-order valence-corrected chi connectivity index (χ1v) is 4.08. The highest BCUT2D eigenvalue weighted by Gasteiger charge is 2.04. The van der Waals surface area contributed by atoms with Gasteiger partial charge in [0.2, 0.25) is 0 Å². The van der Waals surface area contributed by atoms with Crippen molar-refractivity contribution in [1.82, 2.24) is 0 Å². The molecule has 0 heterocycles. The Morgan fingerprint density at radius 3 is 2.77 bits per heavy atom. The molecule has 0 atom stereocenters. The van der Waals surface area contributed by atoms with Gasteiger partial charge in [0.15, 0.2) is 0 Å². The van der Waals surface area contributed by atoms with Crippen molar-refractivity contribution in [3.63, 3.8) is 0 Å².